The Morgan fingerprint density at radius 1 is 0.711 bits per heavy atom. The molecule has 0 heterocycles. The molecule has 3 radical (unpaired) electrons. The number of nitrogens with one attached hydrogen (secondary N) is 2. The Bertz CT molecular complexity index is 446. The Morgan fingerprint density at radius 2 is 0.978 bits per heavy atom. The van der Waals surface area contributed by atoms with E-state index in [1.165, 1.54) is 11.8 Å². The minimum absolute atomic E-state index is 0. The van der Waals surface area contributed by atoms with Gasteiger partial charge in [-0.2, -0.15) is 67.6 Å². The van der Waals surface area contributed by atoms with Crippen molar-refractivity contribution in [3.8, 4) is 0 Å². The number of hydrogen-bond donors (Lipinski definition) is 4. The summed E-state index contributed by atoms with van der Waals surface area (Å²) in [5, 5.41) is 5.87. The molecule has 0 spiro atoms. The van der Waals surface area contributed by atoms with Crippen LogP contribution in [0.2, 0.25) is 0 Å². The van der Waals surface area contributed by atoms with Gasteiger partial charge in [-0.15, -0.1) is 0 Å². The van der Waals surface area contributed by atoms with Crippen LogP contribution >= 0.6 is 45.5 Å². The fourth-order valence-electron chi connectivity index (χ4n) is 0.632. The summed E-state index contributed by atoms with van der Waals surface area (Å²) < 4.78 is 0. The molecule has 0 fully saturated rings. The van der Waals surface area contributed by atoms with E-state index in [0.29, 0.717) is 19.3 Å². The van der Waals surface area contributed by atoms with Crippen molar-refractivity contribution in [2.75, 3.05) is 43.9 Å². The van der Waals surface area contributed by atoms with Gasteiger partial charge in [0, 0.05) is 117 Å². The molecule has 0 aromatic rings. The Morgan fingerprint density at radius 3 is 1.00 bits per heavy atom. The third-order valence-corrected chi connectivity index (χ3v) is 3.60. The van der Waals surface area contributed by atoms with E-state index in [1.54, 1.807) is 37.5 Å². The normalized spacial score (nSPS) is 6.20. The van der Waals surface area contributed by atoms with Crippen molar-refractivity contribution in [3.05, 3.63) is 19.4 Å². The van der Waals surface area contributed by atoms with Gasteiger partial charge in [-0.25, -0.2) is 0 Å². The smallest absolute Gasteiger partial charge is 0.373 e. The fraction of sp³-hybridized carbons (Fsp3) is 0.654. The van der Waals surface area contributed by atoms with Gasteiger partial charge >= 0.3 is 18.5 Å². The standard InChI is InChI=1S/3C4H7O.C3H9NPS.C3H8NS.C3H9NS.C2H5.3CO2.3Y/c3*1-2-3-4-5;1-6-3-2-4-5;1-5-3-2-4;1-4-2-3-5;1-2;3*2-1-3;;;/h3*2-3H2,1H3;4H,1-3,5H2;1-4H2;4-5H,2-3H2,1H3;1H2,2H3;;;;;;/q5*-1;;-1;;;;;;. The van der Waals surface area contributed by atoms with Gasteiger partial charge in [0.2, 0.25) is 0 Å². The maximum atomic E-state index is 9.28. The van der Waals surface area contributed by atoms with E-state index in [4.69, 9.17) is 34.5 Å². The fourth-order valence-corrected chi connectivity index (χ4v) is 1.64. The molecule has 0 amide bonds. The number of thioether (sulfide) groups is 2. The minimum atomic E-state index is 0. The molecular weight excluding hydrogens is 892 g/mol. The maximum Gasteiger partial charge on any atom is 0.373 e. The van der Waals surface area contributed by atoms with Crippen LogP contribution in [0.25, 0.3) is 0 Å². The van der Waals surface area contributed by atoms with Crippen LogP contribution in [0.3, 0.4) is 0 Å². The molecule has 0 aromatic heterocycles. The average molecular weight is 945 g/mol. The number of carbonyl (C=O) groups excluding carboxylic acids is 9. The van der Waals surface area contributed by atoms with Crippen molar-refractivity contribution in [1.82, 2.24) is 10.4 Å². The van der Waals surface area contributed by atoms with E-state index in [-0.39, 0.29) is 117 Å². The predicted molar refractivity (Wildman–Crippen MR) is 178 cm³/mol. The molecule has 263 valence electrons. The van der Waals surface area contributed by atoms with Crippen LogP contribution < -0.4 is 16.1 Å². The quantitative estimate of drug-likeness (QED) is 0.0907. The molecule has 0 saturated carbocycles. The zero-order valence-electron chi connectivity index (χ0n) is 27.4. The van der Waals surface area contributed by atoms with Gasteiger partial charge in [0.05, 0.1) is 0 Å². The second kappa shape index (κ2) is 162. The van der Waals surface area contributed by atoms with Crippen molar-refractivity contribution < 1.29 is 141 Å². The second-order valence-corrected chi connectivity index (χ2v) is 7.81. The van der Waals surface area contributed by atoms with Crippen LogP contribution in [0.1, 0.15) is 66.2 Å². The molecule has 45 heavy (non-hydrogen) atoms. The van der Waals surface area contributed by atoms with Crippen molar-refractivity contribution in [2.45, 2.75) is 66.2 Å². The van der Waals surface area contributed by atoms with E-state index in [1.807, 2.05) is 27.8 Å². The number of nitrogens with two attached hydrogens (primary N) is 1. The molecule has 0 saturated heterocycles. The molecule has 1 unspecified atom stereocenters. The molecule has 0 aromatic carbocycles. The summed E-state index contributed by atoms with van der Waals surface area (Å²) in [6.07, 6.45) is 17.7. The Labute approximate surface area is 365 Å². The van der Waals surface area contributed by atoms with Gasteiger partial charge in [0.15, 0.2) is 0 Å². The molecule has 12 nitrogen and oxygen atoms in total. The van der Waals surface area contributed by atoms with Crippen LogP contribution in [-0.4, -0.2) is 81.3 Å². The van der Waals surface area contributed by atoms with E-state index < -0.39 is 0 Å². The van der Waals surface area contributed by atoms with Crippen molar-refractivity contribution >= 4 is 82.9 Å². The summed E-state index contributed by atoms with van der Waals surface area (Å²) in [5.41, 5.74) is 5.08. The monoisotopic (exact) mass is 944 g/mol. The van der Waals surface area contributed by atoms with E-state index in [0.717, 1.165) is 56.2 Å². The predicted octanol–water partition coefficient (Wildman–Crippen LogP) is 3.27. The van der Waals surface area contributed by atoms with Crippen LogP contribution in [-0.2, 0) is 141 Å². The SMILES string of the molecule is CCC[C-]=O.CCC[C-]=O.CCC[C-]=O.CNCCS.O=C=O.O=C=O.O=C=O.[CH2-]C.[CH2-]SCCN.[CH2-]SCCNP.[Y].[Y].[Y]. The molecule has 4 N–H and O–H groups in total. The Balaban J connectivity index is -0.0000000231. The summed E-state index contributed by atoms with van der Waals surface area (Å²) in [7, 11) is 4.35. The van der Waals surface area contributed by atoms with Gasteiger partial charge in [0.1, 0.15) is 0 Å². The zero-order valence-corrected chi connectivity index (χ0v) is 39.6. The van der Waals surface area contributed by atoms with Crippen molar-refractivity contribution in [3.63, 3.8) is 0 Å². The first-order valence-electron chi connectivity index (χ1n) is 12.1. The topological polar surface area (TPSA) is 204 Å². The van der Waals surface area contributed by atoms with E-state index >= 15 is 0 Å². The minimum Gasteiger partial charge on any atom is -0.542 e. The number of unbranched alkanes of at least 4 members (excludes halogenated alkanes) is 3. The number of rotatable bonds is 13. The molecule has 0 aliphatic heterocycles. The van der Waals surface area contributed by atoms with Gasteiger partial charge in [0.25, 0.3) is 0 Å². The van der Waals surface area contributed by atoms with Gasteiger partial charge in [-0.1, -0.05) is 49.4 Å². The average Bonchev–Trinajstić information content (AvgIpc) is 2.98. The third-order valence-electron chi connectivity index (χ3n) is 2.07. The van der Waals surface area contributed by atoms with E-state index in [9.17, 15) is 14.4 Å². The Kier molecular flexibility index (Phi) is 310. The molecule has 0 rings (SSSR count). The van der Waals surface area contributed by atoms with Crippen LogP contribution in [0.4, 0.5) is 0 Å². The van der Waals surface area contributed by atoms with Crippen molar-refractivity contribution in [2.24, 2.45) is 5.73 Å². The summed E-state index contributed by atoms with van der Waals surface area (Å²) in [4.78, 5) is 76.6. The summed E-state index contributed by atoms with van der Waals surface area (Å²) in [6, 6.07) is 0. The van der Waals surface area contributed by atoms with Gasteiger partial charge in [-0.05, 0) is 25.1 Å². The van der Waals surface area contributed by atoms with Gasteiger partial charge in [-0.3, -0.25) is 36.5 Å². The maximum absolute atomic E-state index is 9.28. The zero-order chi connectivity index (χ0) is 35.6. The molecule has 19 heteroatoms. The van der Waals surface area contributed by atoms with Crippen LogP contribution in [0, 0.1) is 19.4 Å². The summed E-state index contributed by atoms with van der Waals surface area (Å²) in [5.74, 6) is 2.99. The first kappa shape index (κ1) is 85.9. The molecular formula is C26H52N3O9PS3Y3-6. The summed E-state index contributed by atoms with van der Waals surface area (Å²) >= 11 is 7.07. The number of hydrogen-bond acceptors (Lipinski definition) is 15. The molecule has 1 atom stereocenters. The Hall–Kier alpha value is 1.82. The van der Waals surface area contributed by atoms with E-state index in [2.05, 4.69) is 51.9 Å². The molecule has 0 bridgehead atoms. The molecule has 0 aliphatic carbocycles. The summed E-state index contributed by atoms with van der Waals surface area (Å²) in [6.45, 7) is 13.6. The van der Waals surface area contributed by atoms with Gasteiger partial charge < -0.3 is 55.9 Å². The van der Waals surface area contributed by atoms with Crippen LogP contribution in [0.15, 0.2) is 0 Å². The first-order chi connectivity index (χ1) is 20.2. The van der Waals surface area contributed by atoms with Crippen LogP contribution in [0.5, 0.6) is 0 Å². The molecule has 0 aliphatic rings. The number of thiol groups is 1. The van der Waals surface area contributed by atoms with Crippen molar-refractivity contribution in [1.29, 1.82) is 0 Å². The third kappa shape index (κ3) is 401. The second-order valence-electron chi connectivity index (χ2n) is 5.32. The largest absolute Gasteiger partial charge is 0.542 e. The first-order valence-corrected chi connectivity index (χ1v) is 15.6.